The number of carbonyl (C=O) groups is 1. The number of fused-ring (bicyclic) bond motifs is 1. The van der Waals surface area contributed by atoms with Gasteiger partial charge in [-0.15, -0.1) is 0 Å². The van der Waals surface area contributed by atoms with Crippen LogP contribution in [0.25, 0.3) is 5.65 Å². The number of rotatable bonds is 4. The predicted molar refractivity (Wildman–Crippen MR) is 57.8 cm³/mol. The van der Waals surface area contributed by atoms with Gasteiger partial charge < -0.3 is 20.6 Å². The van der Waals surface area contributed by atoms with E-state index in [9.17, 15) is 4.79 Å². The smallest absolute Gasteiger partial charge is 0.255 e. The highest BCUT2D eigenvalue weighted by molar-refractivity contribution is 5.75. The van der Waals surface area contributed by atoms with Gasteiger partial charge >= 0.3 is 0 Å². The number of aromatic nitrogens is 2. The molecule has 0 aliphatic carbocycles. The Kier molecular flexibility index (Phi) is 2.74. The minimum atomic E-state index is -0.521. The van der Waals surface area contributed by atoms with Crippen LogP contribution in [0, 0.1) is 0 Å². The van der Waals surface area contributed by atoms with Crippen molar-refractivity contribution in [2.24, 2.45) is 11.5 Å². The van der Waals surface area contributed by atoms with Gasteiger partial charge in [0.25, 0.3) is 5.91 Å². The molecule has 0 aliphatic rings. The van der Waals surface area contributed by atoms with Crippen molar-refractivity contribution in [2.75, 3.05) is 6.61 Å². The minimum absolute atomic E-state index is 0.162. The lowest BCUT2D eigenvalue weighted by atomic mass is 10.4. The summed E-state index contributed by atoms with van der Waals surface area (Å²) in [6, 6.07) is 3.52. The van der Waals surface area contributed by atoms with Gasteiger partial charge in [-0.25, -0.2) is 4.98 Å². The summed E-state index contributed by atoms with van der Waals surface area (Å²) in [6.45, 7) is 0.196. The molecule has 16 heavy (non-hydrogen) atoms. The molecule has 0 unspecified atom stereocenters. The van der Waals surface area contributed by atoms with E-state index in [-0.39, 0.29) is 6.61 Å². The number of hydrogen-bond acceptors (Lipinski definition) is 4. The highest BCUT2D eigenvalue weighted by Crippen LogP contribution is 2.18. The van der Waals surface area contributed by atoms with E-state index < -0.39 is 5.91 Å². The van der Waals surface area contributed by atoms with Gasteiger partial charge in [0, 0.05) is 18.9 Å². The zero-order chi connectivity index (χ0) is 11.5. The van der Waals surface area contributed by atoms with E-state index in [0.29, 0.717) is 17.9 Å². The fraction of sp³-hybridized carbons (Fsp3) is 0.200. The van der Waals surface area contributed by atoms with Crippen molar-refractivity contribution in [3.05, 3.63) is 30.2 Å². The van der Waals surface area contributed by atoms with Crippen molar-refractivity contribution >= 4 is 11.6 Å². The average molecular weight is 220 g/mol. The lowest BCUT2D eigenvalue weighted by Crippen LogP contribution is -2.20. The Hall–Kier alpha value is -2.08. The van der Waals surface area contributed by atoms with E-state index in [1.165, 1.54) is 0 Å². The summed E-state index contributed by atoms with van der Waals surface area (Å²) in [5.74, 6) is -0.00592. The van der Waals surface area contributed by atoms with Crippen molar-refractivity contribution in [1.29, 1.82) is 0 Å². The highest BCUT2D eigenvalue weighted by Gasteiger charge is 2.07. The first-order chi connectivity index (χ1) is 7.70. The van der Waals surface area contributed by atoms with Crippen LogP contribution in [0.2, 0.25) is 0 Å². The molecule has 0 spiro atoms. The zero-order valence-electron chi connectivity index (χ0n) is 8.59. The van der Waals surface area contributed by atoms with Gasteiger partial charge in [-0.2, -0.15) is 0 Å². The summed E-state index contributed by atoms with van der Waals surface area (Å²) >= 11 is 0. The molecule has 84 valence electrons. The largest absolute Gasteiger partial charge is 0.480 e. The molecule has 0 bridgehead atoms. The maximum atomic E-state index is 10.6. The van der Waals surface area contributed by atoms with E-state index in [4.69, 9.17) is 16.2 Å². The number of nitrogens with two attached hydrogens (primary N) is 2. The van der Waals surface area contributed by atoms with Gasteiger partial charge in [-0.3, -0.25) is 4.79 Å². The van der Waals surface area contributed by atoms with Gasteiger partial charge in [0.1, 0.15) is 0 Å². The Morgan fingerprint density at radius 3 is 3.06 bits per heavy atom. The second kappa shape index (κ2) is 4.19. The number of pyridine rings is 1. The molecule has 6 heteroatoms. The summed E-state index contributed by atoms with van der Waals surface area (Å²) in [5, 5.41) is 0. The van der Waals surface area contributed by atoms with Crippen LogP contribution in [0.1, 0.15) is 5.69 Å². The number of amides is 1. The molecule has 2 rings (SSSR count). The third-order valence-electron chi connectivity index (χ3n) is 2.08. The molecular weight excluding hydrogens is 208 g/mol. The molecule has 6 nitrogen and oxygen atoms in total. The molecule has 1 amide bonds. The van der Waals surface area contributed by atoms with Crippen molar-refractivity contribution in [3.8, 4) is 5.75 Å². The molecule has 2 heterocycles. The minimum Gasteiger partial charge on any atom is -0.480 e. The van der Waals surface area contributed by atoms with Crippen LogP contribution >= 0.6 is 0 Å². The zero-order valence-corrected chi connectivity index (χ0v) is 8.59. The second-order valence-electron chi connectivity index (χ2n) is 3.29. The number of hydrogen-bond donors (Lipinski definition) is 2. The molecule has 0 aromatic carbocycles. The third kappa shape index (κ3) is 1.96. The SMILES string of the molecule is NCc1cn2cccc(OCC(N)=O)c2n1. The fourth-order valence-corrected chi connectivity index (χ4v) is 1.40. The Bertz CT molecular complexity index is 521. The van der Waals surface area contributed by atoms with Crippen LogP contribution < -0.4 is 16.2 Å². The molecule has 2 aromatic rings. The van der Waals surface area contributed by atoms with Crippen molar-refractivity contribution < 1.29 is 9.53 Å². The lowest BCUT2D eigenvalue weighted by molar-refractivity contribution is -0.119. The number of nitrogens with zero attached hydrogens (tertiary/aromatic N) is 2. The van der Waals surface area contributed by atoms with Gasteiger partial charge in [-0.1, -0.05) is 0 Å². The van der Waals surface area contributed by atoms with Crippen LogP contribution in [0.3, 0.4) is 0 Å². The monoisotopic (exact) mass is 220 g/mol. The van der Waals surface area contributed by atoms with E-state index in [0.717, 1.165) is 5.69 Å². The van der Waals surface area contributed by atoms with Gasteiger partial charge in [0.2, 0.25) is 0 Å². The van der Waals surface area contributed by atoms with Crippen molar-refractivity contribution in [2.45, 2.75) is 6.54 Å². The van der Waals surface area contributed by atoms with E-state index in [2.05, 4.69) is 4.98 Å². The molecule has 0 aliphatic heterocycles. The van der Waals surface area contributed by atoms with Crippen LogP contribution in [-0.2, 0) is 11.3 Å². The molecule has 4 N–H and O–H groups in total. The van der Waals surface area contributed by atoms with E-state index >= 15 is 0 Å². The summed E-state index contributed by atoms with van der Waals surface area (Å²) in [4.78, 5) is 14.9. The number of carbonyl (C=O) groups excluding carboxylic acids is 1. The van der Waals surface area contributed by atoms with Crippen LogP contribution in [0.5, 0.6) is 5.75 Å². The maximum Gasteiger partial charge on any atom is 0.255 e. The number of imidazole rings is 1. The maximum absolute atomic E-state index is 10.6. The number of ether oxygens (including phenoxy) is 1. The van der Waals surface area contributed by atoms with Gasteiger partial charge in [-0.05, 0) is 12.1 Å². The first kappa shape index (κ1) is 10.4. The summed E-state index contributed by atoms with van der Waals surface area (Å²) in [5.41, 5.74) is 11.9. The molecule has 2 aromatic heterocycles. The van der Waals surface area contributed by atoms with Gasteiger partial charge in [0.05, 0.1) is 5.69 Å². The summed E-state index contributed by atoms with van der Waals surface area (Å²) in [7, 11) is 0. The second-order valence-corrected chi connectivity index (χ2v) is 3.29. The molecular formula is C10H12N4O2. The number of primary amides is 1. The Labute approximate surface area is 91.8 Å². The first-order valence-corrected chi connectivity index (χ1v) is 4.78. The molecule has 0 saturated heterocycles. The molecule has 0 fully saturated rings. The van der Waals surface area contributed by atoms with Crippen molar-refractivity contribution in [3.63, 3.8) is 0 Å². The first-order valence-electron chi connectivity index (χ1n) is 4.78. The standard InChI is InChI=1S/C10H12N4O2/c11-4-7-5-14-3-1-2-8(10(14)13-7)16-6-9(12)15/h1-3,5H,4,6,11H2,(H2,12,15). The van der Waals surface area contributed by atoms with Crippen LogP contribution in [0.15, 0.2) is 24.5 Å². The highest BCUT2D eigenvalue weighted by atomic mass is 16.5. The fourth-order valence-electron chi connectivity index (χ4n) is 1.40. The quantitative estimate of drug-likeness (QED) is 0.736. The van der Waals surface area contributed by atoms with Crippen LogP contribution in [-0.4, -0.2) is 21.9 Å². The van der Waals surface area contributed by atoms with E-state index in [1.807, 2.05) is 12.4 Å². The Balaban J connectivity index is 2.36. The Morgan fingerprint density at radius 1 is 1.56 bits per heavy atom. The molecule has 0 radical (unpaired) electrons. The lowest BCUT2D eigenvalue weighted by Gasteiger charge is -2.04. The average Bonchev–Trinajstić information content (AvgIpc) is 2.69. The predicted octanol–water partition coefficient (Wildman–Crippen LogP) is -0.343. The topological polar surface area (TPSA) is 95.6 Å². The summed E-state index contributed by atoms with van der Waals surface area (Å²) in [6.07, 6.45) is 3.64. The van der Waals surface area contributed by atoms with E-state index in [1.54, 1.807) is 16.5 Å². The van der Waals surface area contributed by atoms with Crippen molar-refractivity contribution in [1.82, 2.24) is 9.38 Å². The van der Waals surface area contributed by atoms with Gasteiger partial charge in [0.15, 0.2) is 18.0 Å². The normalized spacial score (nSPS) is 10.6. The third-order valence-corrected chi connectivity index (χ3v) is 2.08. The van der Waals surface area contributed by atoms with Crippen LogP contribution in [0.4, 0.5) is 0 Å². The Morgan fingerprint density at radius 2 is 2.38 bits per heavy atom. The summed E-state index contributed by atoms with van der Waals surface area (Å²) < 4.78 is 7.03. The molecule has 0 saturated carbocycles. The molecule has 0 atom stereocenters.